The van der Waals surface area contributed by atoms with Crippen molar-refractivity contribution in [1.29, 1.82) is 0 Å². The number of hydrogen-bond donors (Lipinski definition) is 0. The van der Waals surface area contributed by atoms with Crippen LogP contribution in [0.25, 0.3) is 0 Å². The average Bonchev–Trinajstić information content (AvgIpc) is 2.79. The number of hydrogen-bond acceptors (Lipinski definition) is 2. The number of piperidine rings is 1. The van der Waals surface area contributed by atoms with Crippen LogP contribution in [0.4, 0.5) is 4.79 Å². The number of nitrogens with zero attached hydrogens (tertiary/aromatic N) is 3. The average molecular weight is 418 g/mol. The van der Waals surface area contributed by atoms with E-state index in [0.29, 0.717) is 13.1 Å². The Labute approximate surface area is 187 Å². The summed E-state index contributed by atoms with van der Waals surface area (Å²) >= 11 is 0. The monoisotopic (exact) mass is 417 g/mol. The predicted molar refractivity (Wildman–Crippen MR) is 131 cm³/mol. The maximum Gasteiger partial charge on any atom is 0.343 e. The highest BCUT2D eigenvalue weighted by Gasteiger charge is 2.43. The maximum atomic E-state index is 12.8. The molecule has 1 aromatic rings. The van der Waals surface area contributed by atoms with Crippen molar-refractivity contribution in [3.63, 3.8) is 0 Å². The molecule has 3 rings (SSSR count). The van der Waals surface area contributed by atoms with Gasteiger partial charge in [0.2, 0.25) is 0 Å². The maximum absolute atomic E-state index is 12.8. The highest BCUT2D eigenvalue weighted by atomic mass is 16.2. The van der Waals surface area contributed by atoms with Gasteiger partial charge in [-0.1, -0.05) is 64.3 Å². The Morgan fingerprint density at radius 3 is 2.52 bits per heavy atom. The molecule has 1 aliphatic heterocycles. The van der Waals surface area contributed by atoms with E-state index in [0.717, 1.165) is 61.2 Å². The minimum absolute atomic E-state index is 0.0104. The first-order valence-corrected chi connectivity index (χ1v) is 11.5. The second-order valence-electron chi connectivity index (χ2n) is 8.52. The predicted octanol–water partition coefficient (Wildman–Crippen LogP) is 6.63. The standard InChI is InChI=1S/C27H35N3O/c1-6-9-12-22(8-3)29-26(31)30-17-15-27(16-18-30)19-20(4)25(28-21(5)7-2)23-13-10-11-14-24(23)27/h9-14H,4-8,15-19H2,1-3H3/b12-9-,28-25?,29-22?. The molecule has 1 saturated heterocycles. The van der Waals surface area contributed by atoms with E-state index in [2.05, 4.69) is 62.3 Å². The number of carbonyl (C=O) groups is 1. The molecule has 31 heavy (non-hydrogen) atoms. The minimum atomic E-state index is -0.114. The molecule has 0 radical (unpaired) electrons. The van der Waals surface area contributed by atoms with Gasteiger partial charge in [0.25, 0.3) is 0 Å². The smallest absolute Gasteiger partial charge is 0.323 e. The summed E-state index contributed by atoms with van der Waals surface area (Å²) in [5.74, 6) is 0. The molecule has 1 fully saturated rings. The molecule has 1 spiro atoms. The summed E-state index contributed by atoms with van der Waals surface area (Å²) in [5, 5.41) is 0. The number of urea groups is 1. The number of amides is 2. The fourth-order valence-electron chi connectivity index (χ4n) is 4.56. The Morgan fingerprint density at radius 2 is 1.87 bits per heavy atom. The Kier molecular flexibility index (Phi) is 7.42. The van der Waals surface area contributed by atoms with Crippen LogP contribution in [0.3, 0.4) is 0 Å². The van der Waals surface area contributed by atoms with Gasteiger partial charge in [0.1, 0.15) is 0 Å². The molecule has 164 valence electrons. The van der Waals surface area contributed by atoms with Crippen LogP contribution < -0.4 is 0 Å². The van der Waals surface area contributed by atoms with Crippen molar-refractivity contribution in [1.82, 2.24) is 4.90 Å². The third-order valence-corrected chi connectivity index (χ3v) is 6.46. The minimum Gasteiger partial charge on any atom is -0.323 e. The van der Waals surface area contributed by atoms with Gasteiger partial charge in [-0.15, -0.1) is 0 Å². The summed E-state index contributed by atoms with van der Waals surface area (Å²) in [4.78, 5) is 23.8. The Balaban J connectivity index is 1.83. The van der Waals surface area contributed by atoms with Crippen molar-refractivity contribution in [2.45, 2.75) is 64.7 Å². The van der Waals surface area contributed by atoms with E-state index >= 15 is 0 Å². The second kappa shape index (κ2) is 10.0. The zero-order valence-electron chi connectivity index (χ0n) is 19.3. The number of rotatable bonds is 5. The molecular formula is C27H35N3O. The van der Waals surface area contributed by atoms with Crippen molar-refractivity contribution in [3.05, 3.63) is 72.0 Å². The molecule has 0 saturated carbocycles. The molecule has 1 aromatic carbocycles. The summed E-state index contributed by atoms with van der Waals surface area (Å²) in [5.41, 5.74) is 6.29. The number of benzene rings is 1. The van der Waals surface area contributed by atoms with Gasteiger partial charge in [0, 0.05) is 35.5 Å². The highest BCUT2D eigenvalue weighted by Crippen LogP contribution is 2.46. The van der Waals surface area contributed by atoms with Crippen molar-refractivity contribution < 1.29 is 4.79 Å². The first kappa shape index (κ1) is 22.9. The molecule has 0 N–H and O–H groups in total. The van der Waals surface area contributed by atoms with Crippen LogP contribution in [0.1, 0.15) is 70.4 Å². The van der Waals surface area contributed by atoms with Crippen molar-refractivity contribution in [2.75, 3.05) is 13.1 Å². The van der Waals surface area contributed by atoms with Gasteiger partial charge >= 0.3 is 6.03 Å². The zero-order valence-corrected chi connectivity index (χ0v) is 19.3. The van der Waals surface area contributed by atoms with E-state index in [-0.39, 0.29) is 11.4 Å². The van der Waals surface area contributed by atoms with E-state index in [1.807, 2.05) is 17.9 Å². The van der Waals surface area contributed by atoms with Gasteiger partial charge < -0.3 is 4.90 Å². The van der Waals surface area contributed by atoms with Crippen LogP contribution in [0.15, 0.2) is 70.8 Å². The fourth-order valence-corrected chi connectivity index (χ4v) is 4.56. The summed E-state index contributed by atoms with van der Waals surface area (Å²) in [6, 6.07) is 8.44. The van der Waals surface area contributed by atoms with Gasteiger partial charge in [0.05, 0.1) is 5.71 Å². The molecular weight excluding hydrogens is 382 g/mol. The number of carbonyl (C=O) groups excluding carboxylic acids is 1. The molecule has 0 bridgehead atoms. The Hall–Kier alpha value is -2.75. The fraction of sp³-hybridized carbons (Fsp3) is 0.444. The Bertz CT molecular complexity index is 943. The van der Waals surface area contributed by atoms with Crippen LogP contribution in [0, 0.1) is 0 Å². The van der Waals surface area contributed by atoms with Gasteiger partial charge in [-0.3, -0.25) is 4.99 Å². The number of aliphatic imine (C=N–C) groups is 2. The summed E-state index contributed by atoms with van der Waals surface area (Å²) in [6.07, 6.45) is 9.27. The van der Waals surface area contributed by atoms with Gasteiger partial charge in [-0.25, -0.2) is 4.79 Å². The van der Waals surface area contributed by atoms with Crippen LogP contribution >= 0.6 is 0 Å². The van der Waals surface area contributed by atoms with Gasteiger partial charge in [0.15, 0.2) is 0 Å². The van der Waals surface area contributed by atoms with E-state index in [1.165, 1.54) is 11.1 Å². The molecule has 4 nitrogen and oxygen atoms in total. The molecule has 0 atom stereocenters. The third kappa shape index (κ3) is 4.95. The lowest BCUT2D eigenvalue weighted by molar-refractivity contribution is 0.164. The summed E-state index contributed by atoms with van der Waals surface area (Å²) in [6.45, 7) is 16.1. The number of fused-ring (bicyclic) bond motifs is 2. The molecule has 1 heterocycles. The topological polar surface area (TPSA) is 45.0 Å². The quantitative estimate of drug-likeness (QED) is 0.496. The molecule has 2 aliphatic rings. The normalized spacial score (nSPS) is 19.8. The van der Waals surface area contributed by atoms with E-state index in [9.17, 15) is 4.79 Å². The summed E-state index contributed by atoms with van der Waals surface area (Å²) < 4.78 is 0. The number of likely N-dealkylation sites (tertiary alicyclic amines) is 1. The second-order valence-corrected chi connectivity index (χ2v) is 8.52. The van der Waals surface area contributed by atoms with Crippen LogP contribution in [0.2, 0.25) is 0 Å². The first-order valence-electron chi connectivity index (χ1n) is 11.5. The lowest BCUT2D eigenvalue weighted by atomic mass is 9.63. The lowest BCUT2D eigenvalue weighted by Crippen LogP contribution is -2.47. The van der Waals surface area contributed by atoms with Crippen molar-refractivity contribution >= 4 is 17.5 Å². The Morgan fingerprint density at radius 1 is 1.16 bits per heavy atom. The lowest BCUT2D eigenvalue weighted by Gasteiger charge is -2.46. The van der Waals surface area contributed by atoms with E-state index < -0.39 is 0 Å². The SMILES string of the molecule is C=C(CC)N=C1C(=C)CC2(CCN(C(=O)N=C(/C=C\CC)CC)CC2)c2ccccc21. The highest BCUT2D eigenvalue weighted by molar-refractivity contribution is 6.15. The molecule has 0 unspecified atom stereocenters. The van der Waals surface area contributed by atoms with Crippen molar-refractivity contribution in [2.24, 2.45) is 9.98 Å². The van der Waals surface area contributed by atoms with Crippen molar-refractivity contribution in [3.8, 4) is 0 Å². The molecule has 4 heteroatoms. The largest absolute Gasteiger partial charge is 0.343 e. The summed E-state index contributed by atoms with van der Waals surface area (Å²) in [7, 11) is 0. The van der Waals surface area contributed by atoms with Crippen LogP contribution in [-0.2, 0) is 5.41 Å². The third-order valence-electron chi connectivity index (χ3n) is 6.46. The molecule has 2 amide bonds. The number of allylic oxidation sites excluding steroid dienone is 4. The van der Waals surface area contributed by atoms with E-state index in [1.54, 1.807) is 0 Å². The van der Waals surface area contributed by atoms with Crippen LogP contribution in [-0.4, -0.2) is 35.4 Å². The van der Waals surface area contributed by atoms with Crippen LogP contribution in [0.5, 0.6) is 0 Å². The van der Waals surface area contributed by atoms with Gasteiger partial charge in [-0.05, 0) is 55.7 Å². The zero-order chi connectivity index (χ0) is 22.4. The van der Waals surface area contributed by atoms with Gasteiger partial charge in [-0.2, -0.15) is 4.99 Å². The molecule has 0 aromatic heterocycles. The van der Waals surface area contributed by atoms with E-state index in [4.69, 9.17) is 4.99 Å². The first-order chi connectivity index (χ1) is 14.9. The molecule has 1 aliphatic carbocycles.